The highest BCUT2D eigenvalue weighted by atomic mass is 35.5. The number of ether oxygens (including phenoxy) is 2. The molecule has 174 valence electrons. The summed E-state index contributed by atoms with van der Waals surface area (Å²) in [5, 5.41) is 9.34. The van der Waals surface area contributed by atoms with Crippen molar-refractivity contribution in [1.29, 1.82) is 0 Å². The number of carbonyl (C=O) groups is 1. The van der Waals surface area contributed by atoms with Crippen LogP contribution in [-0.4, -0.2) is 36.1 Å². The number of methoxy groups -OCH3 is 2. The monoisotopic (exact) mass is 480 g/mol. The molecule has 0 bridgehead atoms. The average Bonchev–Trinajstić information content (AvgIpc) is 3.14. The Hall–Kier alpha value is -3.40. The molecule has 4 rings (SSSR count). The first-order valence-electron chi connectivity index (χ1n) is 9.92. The second-order valence-electron chi connectivity index (χ2n) is 7.38. The summed E-state index contributed by atoms with van der Waals surface area (Å²) >= 11 is 6.36. The van der Waals surface area contributed by atoms with E-state index in [4.69, 9.17) is 21.1 Å². The molecule has 0 saturated carbocycles. The van der Waals surface area contributed by atoms with Crippen molar-refractivity contribution in [2.75, 3.05) is 24.9 Å². The molecular formula is C22H20ClF3N4O3. The van der Waals surface area contributed by atoms with Crippen molar-refractivity contribution >= 4 is 29.0 Å². The number of hydrogen-bond donors (Lipinski definition) is 2. The Morgan fingerprint density at radius 1 is 1.15 bits per heavy atom. The second kappa shape index (κ2) is 8.86. The van der Waals surface area contributed by atoms with Gasteiger partial charge in [-0.3, -0.25) is 4.79 Å². The van der Waals surface area contributed by atoms with Gasteiger partial charge < -0.3 is 20.1 Å². The molecule has 3 aromatic rings. The SMILES string of the molecule is COc1ccc(NC(=O)c2nn3c(c2Cl)N[C@@H](c2ccccc2)C[C@@H]3C(F)(F)F)cc1OC. The number of rotatable bonds is 5. The molecule has 2 aromatic carbocycles. The normalized spacial score (nSPS) is 17.6. The van der Waals surface area contributed by atoms with Gasteiger partial charge in [0.1, 0.15) is 10.8 Å². The van der Waals surface area contributed by atoms with Crippen LogP contribution in [0.1, 0.15) is 34.6 Å². The molecule has 2 heterocycles. The van der Waals surface area contributed by atoms with Crippen LogP contribution in [-0.2, 0) is 0 Å². The topological polar surface area (TPSA) is 77.4 Å². The van der Waals surface area contributed by atoms with Crippen molar-refractivity contribution in [2.24, 2.45) is 0 Å². The first-order chi connectivity index (χ1) is 15.7. The van der Waals surface area contributed by atoms with Gasteiger partial charge in [-0.05, 0) is 17.7 Å². The zero-order chi connectivity index (χ0) is 23.8. The molecule has 7 nitrogen and oxygen atoms in total. The van der Waals surface area contributed by atoms with E-state index >= 15 is 0 Å². The smallest absolute Gasteiger partial charge is 0.410 e. The number of aromatic nitrogens is 2. The third kappa shape index (κ3) is 4.43. The lowest BCUT2D eigenvalue weighted by molar-refractivity contribution is -0.173. The van der Waals surface area contributed by atoms with Crippen molar-refractivity contribution in [2.45, 2.75) is 24.7 Å². The summed E-state index contributed by atoms with van der Waals surface area (Å²) in [6.45, 7) is 0. The lowest BCUT2D eigenvalue weighted by Crippen LogP contribution is -2.35. The lowest BCUT2D eigenvalue weighted by atomic mass is 9.97. The Labute approximate surface area is 192 Å². The molecule has 1 aromatic heterocycles. The molecule has 0 saturated heterocycles. The predicted octanol–water partition coefficient (Wildman–Crippen LogP) is 5.47. The van der Waals surface area contributed by atoms with Crippen molar-refractivity contribution < 1.29 is 27.4 Å². The summed E-state index contributed by atoms with van der Waals surface area (Å²) in [6, 6.07) is 10.8. The largest absolute Gasteiger partial charge is 0.493 e. The first-order valence-corrected chi connectivity index (χ1v) is 10.3. The van der Waals surface area contributed by atoms with Gasteiger partial charge in [0.25, 0.3) is 5.91 Å². The summed E-state index contributed by atoms with van der Waals surface area (Å²) < 4.78 is 52.8. The van der Waals surface area contributed by atoms with Crippen LogP contribution in [0.5, 0.6) is 11.5 Å². The summed E-state index contributed by atoms with van der Waals surface area (Å²) in [5.74, 6) is 0.00913. The molecule has 0 unspecified atom stereocenters. The van der Waals surface area contributed by atoms with E-state index in [0.29, 0.717) is 22.7 Å². The molecule has 1 aliphatic heterocycles. The number of hydrogen-bond acceptors (Lipinski definition) is 5. The van der Waals surface area contributed by atoms with E-state index in [0.717, 1.165) is 4.68 Å². The second-order valence-corrected chi connectivity index (χ2v) is 7.76. The van der Waals surface area contributed by atoms with Crippen LogP contribution < -0.4 is 20.1 Å². The maximum Gasteiger partial charge on any atom is 0.410 e. The maximum atomic E-state index is 13.9. The highest BCUT2D eigenvalue weighted by Crippen LogP contribution is 2.46. The molecule has 1 aliphatic rings. The molecule has 0 radical (unpaired) electrons. The standard InChI is InChI=1S/C22H20ClF3N4O3/c1-32-15-9-8-13(10-16(15)33-2)27-21(31)19-18(23)20-28-14(12-6-4-3-5-7-12)11-17(22(24,25)26)30(20)29-19/h3-10,14,17,28H,11H2,1-2H3,(H,27,31)/t14-,17-/m1/s1. The van der Waals surface area contributed by atoms with Crippen LogP contribution >= 0.6 is 11.6 Å². The minimum absolute atomic E-state index is 0.0587. The molecular weight excluding hydrogens is 461 g/mol. The van der Waals surface area contributed by atoms with E-state index < -0.39 is 24.2 Å². The zero-order valence-corrected chi connectivity index (χ0v) is 18.4. The van der Waals surface area contributed by atoms with Crippen molar-refractivity contribution in [3.8, 4) is 11.5 Å². The van der Waals surface area contributed by atoms with Crippen LogP contribution in [0.15, 0.2) is 48.5 Å². The van der Waals surface area contributed by atoms with Crippen LogP contribution in [0.2, 0.25) is 5.02 Å². The number of amides is 1. The number of nitrogens with zero attached hydrogens (tertiary/aromatic N) is 2. The number of nitrogens with one attached hydrogen (secondary N) is 2. The zero-order valence-electron chi connectivity index (χ0n) is 17.6. The summed E-state index contributed by atoms with van der Waals surface area (Å²) in [7, 11) is 2.91. The molecule has 33 heavy (non-hydrogen) atoms. The fourth-order valence-corrected chi connectivity index (χ4v) is 4.01. The van der Waals surface area contributed by atoms with E-state index in [1.165, 1.54) is 20.3 Å². The quantitative estimate of drug-likeness (QED) is 0.506. The van der Waals surface area contributed by atoms with Crippen molar-refractivity contribution in [3.63, 3.8) is 0 Å². The minimum Gasteiger partial charge on any atom is -0.493 e. The average molecular weight is 481 g/mol. The lowest BCUT2D eigenvalue weighted by Gasteiger charge is -2.33. The van der Waals surface area contributed by atoms with E-state index in [2.05, 4.69) is 15.7 Å². The van der Waals surface area contributed by atoms with Gasteiger partial charge in [0.05, 0.1) is 20.3 Å². The number of carbonyl (C=O) groups excluding carboxylic acids is 1. The summed E-state index contributed by atoms with van der Waals surface area (Å²) in [6.07, 6.45) is -4.88. The molecule has 0 aliphatic carbocycles. The van der Waals surface area contributed by atoms with Gasteiger partial charge in [0, 0.05) is 18.2 Å². The van der Waals surface area contributed by atoms with Crippen LogP contribution in [0.3, 0.4) is 0 Å². The minimum atomic E-state index is -4.59. The van der Waals surface area contributed by atoms with E-state index in [-0.39, 0.29) is 23.0 Å². The highest BCUT2D eigenvalue weighted by Gasteiger charge is 2.47. The highest BCUT2D eigenvalue weighted by molar-refractivity contribution is 6.36. The van der Waals surface area contributed by atoms with Crippen LogP contribution in [0.25, 0.3) is 0 Å². The Morgan fingerprint density at radius 2 is 1.85 bits per heavy atom. The van der Waals surface area contributed by atoms with Gasteiger partial charge in [-0.1, -0.05) is 41.9 Å². The van der Waals surface area contributed by atoms with Crippen molar-refractivity contribution in [1.82, 2.24) is 9.78 Å². The Bertz CT molecular complexity index is 1170. The third-order valence-electron chi connectivity index (χ3n) is 5.35. The Balaban J connectivity index is 1.67. The molecule has 2 atom stereocenters. The fraction of sp³-hybridized carbons (Fsp3) is 0.273. The van der Waals surface area contributed by atoms with E-state index in [1.807, 2.05) is 0 Å². The van der Waals surface area contributed by atoms with Crippen LogP contribution in [0, 0.1) is 0 Å². The van der Waals surface area contributed by atoms with Crippen LogP contribution in [0.4, 0.5) is 24.7 Å². The predicted molar refractivity (Wildman–Crippen MR) is 117 cm³/mol. The van der Waals surface area contributed by atoms with Gasteiger partial charge in [-0.25, -0.2) is 4.68 Å². The Morgan fingerprint density at radius 3 is 2.48 bits per heavy atom. The number of benzene rings is 2. The number of halogens is 4. The number of alkyl halides is 3. The molecule has 1 amide bonds. The van der Waals surface area contributed by atoms with Gasteiger partial charge in [0.2, 0.25) is 0 Å². The molecule has 0 spiro atoms. The Kier molecular flexibility index (Phi) is 6.11. The van der Waals surface area contributed by atoms with E-state index in [1.54, 1.807) is 42.5 Å². The first kappa shape index (κ1) is 22.8. The van der Waals surface area contributed by atoms with E-state index in [9.17, 15) is 18.0 Å². The van der Waals surface area contributed by atoms with Gasteiger partial charge in [-0.2, -0.15) is 18.3 Å². The number of anilines is 2. The molecule has 0 fully saturated rings. The fourth-order valence-electron chi connectivity index (χ4n) is 3.74. The number of fused-ring (bicyclic) bond motifs is 1. The van der Waals surface area contributed by atoms with Gasteiger partial charge >= 0.3 is 6.18 Å². The molecule has 11 heteroatoms. The summed E-state index contributed by atoms with van der Waals surface area (Å²) in [5.41, 5.74) is 0.686. The van der Waals surface area contributed by atoms with Gasteiger partial charge in [0.15, 0.2) is 23.2 Å². The maximum absolute atomic E-state index is 13.9. The van der Waals surface area contributed by atoms with Crippen molar-refractivity contribution in [3.05, 3.63) is 64.8 Å². The summed E-state index contributed by atoms with van der Waals surface area (Å²) in [4.78, 5) is 12.9. The van der Waals surface area contributed by atoms with Gasteiger partial charge in [-0.15, -0.1) is 0 Å². The third-order valence-corrected chi connectivity index (χ3v) is 5.71. The molecule has 2 N–H and O–H groups in total.